The molecule has 0 unspecified atom stereocenters. The second-order valence-electron chi connectivity index (χ2n) is 20.6. The quantitative estimate of drug-likeness (QED) is 0.108. The van der Waals surface area contributed by atoms with Crippen molar-refractivity contribution in [3.63, 3.8) is 0 Å². The molecule has 9 heteroatoms. The zero-order chi connectivity index (χ0) is 42.2. The molecule has 1 heterocycles. The van der Waals surface area contributed by atoms with Crippen molar-refractivity contribution in [2.45, 2.75) is 244 Å². The lowest BCUT2D eigenvalue weighted by Crippen LogP contribution is -2.70. The SMILES string of the molecule is CC(C)[Si](O[C@@H]1[C@@H](O[Si](C(C)C)(C(C)C)C(C)C)[C@H](OCC2CCCCC2)O[C@H](COCc2ccccc2)[C@H]1O[Si](C(C)C)(C(C)C)C(C)C)(C(C)C)C(C)C. The molecule has 0 amide bonds. The Morgan fingerprint density at radius 2 is 0.893 bits per heavy atom. The van der Waals surface area contributed by atoms with Crippen molar-refractivity contribution in [3.8, 4) is 0 Å². The molecule has 56 heavy (non-hydrogen) atoms. The third kappa shape index (κ3) is 11.1. The summed E-state index contributed by atoms with van der Waals surface area (Å²) in [5, 5.41) is 0. The molecule has 1 saturated heterocycles. The summed E-state index contributed by atoms with van der Waals surface area (Å²) in [6.45, 7) is 44.7. The van der Waals surface area contributed by atoms with Crippen LogP contribution in [0, 0.1) is 5.92 Å². The fraction of sp³-hybridized carbons (Fsp3) is 0.872. The predicted octanol–water partition coefficient (Wildman–Crippen LogP) is 14.2. The summed E-state index contributed by atoms with van der Waals surface area (Å²) in [5.74, 6) is 0.537. The fourth-order valence-electron chi connectivity index (χ4n) is 11.9. The van der Waals surface area contributed by atoms with Crippen LogP contribution in [0.3, 0.4) is 0 Å². The first kappa shape index (κ1) is 50.0. The Hall–Kier alpha value is -0.369. The van der Waals surface area contributed by atoms with Gasteiger partial charge in [-0.2, -0.15) is 0 Å². The van der Waals surface area contributed by atoms with Gasteiger partial charge in [0.25, 0.3) is 0 Å². The molecule has 0 radical (unpaired) electrons. The Labute approximate surface area is 350 Å². The highest BCUT2D eigenvalue weighted by molar-refractivity contribution is 6.79. The van der Waals surface area contributed by atoms with E-state index in [1.165, 1.54) is 32.1 Å². The minimum absolute atomic E-state index is 0.365. The monoisotopic (exact) mass is 835 g/mol. The first-order valence-electron chi connectivity index (χ1n) is 23.1. The molecule has 5 atom stereocenters. The van der Waals surface area contributed by atoms with Crippen LogP contribution in [0.1, 0.15) is 162 Å². The van der Waals surface area contributed by atoms with E-state index in [4.69, 9.17) is 27.5 Å². The molecule has 1 aromatic rings. The zero-order valence-electron chi connectivity index (χ0n) is 39.7. The molecule has 0 bridgehead atoms. The second-order valence-corrected chi connectivity index (χ2v) is 36.8. The molecular formula is C47H90O6Si3. The van der Waals surface area contributed by atoms with Gasteiger partial charge in [-0.1, -0.05) is 174 Å². The molecule has 1 aromatic carbocycles. The van der Waals surface area contributed by atoms with Crippen LogP contribution in [0.15, 0.2) is 30.3 Å². The smallest absolute Gasteiger partial charge is 0.201 e. The summed E-state index contributed by atoms with van der Waals surface area (Å²) < 4.78 is 45.6. The van der Waals surface area contributed by atoms with Crippen LogP contribution in [-0.4, -0.2) is 68.9 Å². The lowest BCUT2D eigenvalue weighted by molar-refractivity contribution is -0.298. The van der Waals surface area contributed by atoms with Crippen molar-refractivity contribution in [3.05, 3.63) is 35.9 Å². The molecule has 326 valence electrons. The summed E-state index contributed by atoms with van der Waals surface area (Å²) in [6.07, 6.45) is 4.18. The minimum atomic E-state index is -2.49. The second kappa shape index (κ2) is 21.9. The van der Waals surface area contributed by atoms with Gasteiger partial charge in [0.15, 0.2) is 6.29 Å². The van der Waals surface area contributed by atoms with Crippen molar-refractivity contribution >= 4 is 25.0 Å². The molecule has 1 saturated carbocycles. The van der Waals surface area contributed by atoms with E-state index >= 15 is 0 Å². The summed E-state index contributed by atoms with van der Waals surface area (Å²) in [7, 11) is -7.43. The Balaban J connectivity index is 2.37. The van der Waals surface area contributed by atoms with Crippen LogP contribution in [0.25, 0.3) is 0 Å². The van der Waals surface area contributed by atoms with Gasteiger partial charge in [-0.05, 0) is 74.2 Å². The Bertz CT molecular complexity index is 1180. The number of ether oxygens (including phenoxy) is 3. The summed E-state index contributed by atoms with van der Waals surface area (Å²) in [4.78, 5) is 0. The maximum absolute atomic E-state index is 8.19. The third-order valence-corrected chi connectivity index (χ3v) is 32.6. The highest BCUT2D eigenvalue weighted by Gasteiger charge is 2.60. The molecule has 0 N–H and O–H groups in total. The average Bonchev–Trinajstić information content (AvgIpc) is 3.11. The molecule has 3 rings (SSSR count). The standard InChI is InChI=1S/C47H90O6Si3/c1-32(2)54(33(3)4,34(5)6)51-44-43(31-48-29-41-25-21-19-22-26-41)50-47(49-30-42-27-23-20-24-28-42)46(53-56(38(13)14,39(15)16)40(17)18)45(44)52-55(35(7)8,36(9)10)37(11)12/h19,21-22,25-26,32-40,42-47H,20,23-24,27-31H2,1-18H3/t43-,44-,45+,46-,47-/m1/s1. The van der Waals surface area contributed by atoms with Crippen molar-refractivity contribution in [2.75, 3.05) is 13.2 Å². The first-order chi connectivity index (χ1) is 26.2. The molecule has 1 aliphatic heterocycles. The van der Waals surface area contributed by atoms with Gasteiger partial charge in [0.05, 0.1) is 19.8 Å². The lowest BCUT2D eigenvalue weighted by atomic mass is 9.90. The van der Waals surface area contributed by atoms with Gasteiger partial charge in [-0.25, -0.2) is 0 Å². The van der Waals surface area contributed by atoms with Gasteiger partial charge >= 0.3 is 0 Å². The van der Waals surface area contributed by atoms with Crippen LogP contribution in [0.2, 0.25) is 49.9 Å². The van der Waals surface area contributed by atoms with Crippen LogP contribution in [0.4, 0.5) is 0 Å². The van der Waals surface area contributed by atoms with Crippen molar-refractivity contribution in [2.24, 2.45) is 5.92 Å². The third-order valence-electron chi connectivity index (χ3n) is 14.3. The summed E-state index contributed by atoms with van der Waals surface area (Å²) >= 11 is 0. The van der Waals surface area contributed by atoms with Gasteiger partial charge in [-0.15, -0.1) is 0 Å². The number of hydrogen-bond donors (Lipinski definition) is 0. The molecule has 2 fully saturated rings. The fourth-order valence-corrected chi connectivity index (χ4v) is 28.6. The topological polar surface area (TPSA) is 55.4 Å². The summed E-state index contributed by atoms with van der Waals surface area (Å²) in [5.41, 5.74) is 4.71. The van der Waals surface area contributed by atoms with E-state index in [0.29, 0.717) is 75.6 Å². The van der Waals surface area contributed by atoms with E-state index < -0.39 is 37.3 Å². The summed E-state index contributed by atoms with van der Waals surface area (Å²) in [6, 6.07) is 10.5. The Morgan fingerprint density at radius 1 is 0.500 bits per heavy atom. The number of rotatable bonds is 22. The van der Waals surface area contributed by atoms with Crippen LogP contribution in [0.5, 0.6) is 0 Å². The molecule has 2 aliphatic rings. The van der Waals surface area contributed by atoms with Crippen LogP contribution < -0.4 is 0 Å². The first-order valence-corrected chi connectivity index (χ1v) is 29.5. The van der Waals surface area contributed by atoms with E-state index in [2.05, 4.69) is 155 Å². The van der Waals surface area contributed by atoms with Gasteiger partial charge in [0.2, 0.25) is 25.0 Å². The molecule has 6 nitrogen and oxygen atoms in total. The van der Waals surface area contributed by atoms with E-state index in [-0.39, 0.29) is 18.3 Å². The predicted molar refractivity (Wildman–Crippen MR) is 245 cm³/mol. The van der Waals surface area contributed by atoms with Gasteiger partial charge in [0, 0.05) is 0 Å². The molecule has 0 aromatic heterocycles. The minimum Gasteiger partial charge on any atom is -0.408 e. The number of benzene rings is 1. The highest BCUT2D eigenvalue weighted by atomic mass is 28.4. The highest BCUT2D eigenvalue weighted by Crippen LogP contribution is 2.51. The van der Waals surface area contributed by atoms with Gasteiger partial charge in [-0.3, -0.25) is 0 Å². The molecular weight excluding hydrogens is 745 g/mol. The van der Waals surface area contributed by atoms with E-state index in [1.54, 1.807) is 0 Å². The lowest BCUT2D eigenvalue weighted by Gasteiger charge is -2.57. The Kier molecular flexibility index (Phi) is 19.6. The van der Waals surface area contributed by atoms with Crippen LogP contribution >= 0.6 is 0 Å². The van der Waals surface area contributed by atoms with Crippen molar-refractivity contribution in [1.82, 2.24) is 0 Å². The van der Waals surface area contributed by atoms with E-state index in [1.807, 2.05) is 0 Å². The van der Waals surface area contributed by atoms with E-state index in [9.17, 15) is 0 Å². The van der Waals surface area contributed by atoms with Crippen molar-refractivity contribution in [1.29, 1.82) is 0 Å². The number of hydrogen-bond acceptors (Lipinski definition) is 6. The average molecular weight is 835 g/mol. The van der Waals surface area contributed by atoms with Gasteiger partial charge in [0.1, 0.15) is 24.4 Å². The zero-order valence-corrected chi connectivity index (χ0v) is 42.7. The maximum atomic E-state index is 8.19. The maximum Gasteiger partial charge on any atom is 0.201 e. The van der Waals surface area contributed by atoms with Crippen LogP contribution in [-0.2, 0) is 34.1 Å². The molecule has 1 aliphatic carbocycles. The largest absolute Gasteiger partial charge is 0.408 e. The van der Waals surface area contributed by atoms with Crippen molar-refractivity contribution < 1.29 is 27.5 Å². The van der Waals surface area contributed by atoms with E-state index in [0.717, 1.165) is 5.56 Å². The normalized spacial score (nSPS) is 23.8. The Morgan fingerprint density at radius 3 is 1.30 bits per heavy atom. The molecule has 0 spiro atoms. The van der Waals surface area contributed by atoms with Gasteiger partial charge < -0.3 is 27.5 Å².